The highest BCUT2D eigenvalue weighted by atomic mass is 16.5. The van der Waals surface area contributed by atoms with Gasteiger partial charge in [-0.1, -0.05) is 5.16 Å². The van der Waals surface area contributed by atoms with Crippen molar-refractivity contribution in [2.24, 2.45) is 5.92 Å². The Morgan fingerprint density at radius 1 is 1.34 bits per heavy atom. The van der Waals surface area contributed by atoms with Crippen molar-refractivity contribution in [2.45, 2.75) is 26.7 Å². The van der Waals surface area contributed by atoms with Crippen LogP contribution in [0.25, 0.3) is 11.3 Å². The van der Waals surface area contributed by atoms with E-state index in [9.17, 15) is 4.79 Å². The first-order chi connectivity index (χ1) is 14.1. The third kappa shape index (κ3) is 4.42. The molecule has 0 radical (unpaired) electrons. The van der Waals surface area contributed by atoms with E-state index in [4.69, 9.17) is 9.26 Å². The van der Waals surface area contributed by atoms with E-state index >= 15 is 0 Å². The van der Waals surface area contributed by atoms with Crippen molar-refractivity contribution in [3.8, 4) is 17.0 Å². The molecule has 1 aliphatic heterocycles. The van der Waals surface area contributed by atoms with Gasteiger partial charge in [0.05, 0.1) is 23.1 Å². The summed E-state index contributed by atoms with van der Waals surface area (Å²) >= 11 is 0. The number of aromatic nitrogens is 4. The minimum Gasteiger partial charge on any atom is -0.482 e. The molecule has 8 nitrogen and oxygen atoms in total. The lowest BCUT2D eigenvalue weighted by molar-refractivity contribution is -0.132. The van der Waals surface area contributed by atoms with Gasteiger partial charge in [-0.25, -0.2) is 9.97 Å². The summed E-state index contributed by atoms with van der Waals surface area (Å²) in [6, 6.07) is 5.56. The van der Waals surface area contributed by atoms with Gasteiger partial charge in [0.1, 0.15) is 17.8 Å². The lowest BCUT2D eigenvalue weighted by atomic mass is 10.0. The highest BCUT2D eigenvalue weighted by Crippen LogP contribution is 2.26. The van der Waals surface area contributed by atoms with Crippen molar-refractivity contribution in [1.82, 2.24) is 25.0 Å². The molecule has 1 amide bonds. The van der Waals surface area contributed by atoms with Crippen molar-refractivity contribution in [1.29, 1.82) is 0 Å². The number of hydrogen-bond donors (Lipinski definition) is 0. The number of rotatable bonds is 6. The zero-order valence-electron chi connectivity index (χ0n) is 16.5. The minimum absolute atomic E-state index is 0.00421. The molecule has 4 rings (SSSR count). The molecule has 1 unspecified atom stereocenters. The molecule has 3 aromatic rings. The van der Waals surface area contributed by atoms with E-state index in [1.54, 1.807) is 30.9 Å². The Bertz CT molecular complexity index is 969. The molecule has 150 valence electrons. The van der Waals surface area contributed by atoms with Crippen LogP contribution in [0.15, 0.2) is 41.4 Å². The van der Waals surface area contributed by atoms with Crippen LogP contribution in [0.3, 0.4) is 0 Å². The summed E-state index contributed by atoms with van der Waals surface area (Å²) in [5, 5.41) is 4.00. The van der Waals surface area contributed by atoms with Crippen molar-refractivity contribution < 1.29 is 14.1 Å². The number of amides is 1. The van der Waals surface area contributed by atoms with Gasteiger partial charge in [0, 0.05) is 25.0 Å². The largest absolute Gasteiger partial charge is 0.482 e. The fourth-order valence-corrected chi connectivity index (χ4v) is 3.68. The third-order valence-corrected chi connectivity index (χ3v) is 5.15. The summed E-state index contributed by atoms with van der Waals surface area (Å²) in [5.41, 5.74) is 3.52. The summed E-state index contributed by atoms with van der Waals surface area (Å²) in [6.45, 7) is 5.26. The van der Waals surface area contributed by atoms with Crippen molar-refractivity contribution in [2.75, 3.05) is 19.7 Å². The second kappa shape index (κ2) is 8.38. The monoisotopic (exact) mass is 393 g/mol. The molecule has 0 aromatic carbocycles. The number of hydrogen-bond acceptors (Lipinski definition) is 7. The molecule has 3 aromatic heterocycles. The molecule has 1 atom stereocenters. The van der Waals surface area contributed by atoms with Gasteiger partial charge in [-0.05, 0) is 50.8 Å². The van der Waals surface area contributed by atoms with Crippen molar-refractivity contribution in [3.05, 3.63) is 54.1 Å². The zero-order chi connectivity index (χ0) is 20.2. The molecule has 4 heterocycles. The number of nitrogens with zero attached hydrogens (tertiary/aromatic N) is 5. The van der Waals surface area contributed by atoms with E-state index in [1.807, 2.05) is 24.8 Å². The van der Waals surface area contributed by atoms with Crippen LogP contribution in [-0.2, 0) is 11.2 Å². The molecular formula is C21H23N5O3. The Kier molecular flexibility index (Phi) is 5.50. The van der Waals surface area contributed by atoms with E-state index in [0.29, 0.717) is 18.2 Å². The second-order valence-electron chi connectivity index (χ2n) is 7.27. The summed E-state index contributed by atoms with van der Waals surface area (Å²) < 4.78 is 10.8. The van der Waals surface area contributed by atoms with E-state index in [-0.39, 0.29) is 12.5 Å². The Labute approximate surface area is 168 Å². The maximum Gasteiger partial charge on any atom is 0.260 e. The smallest absolute Gasteiger partial charge is 0.260 e. The number of ether oxygens (including phenoxy) is 1. The van der Waals surface area contributed by atoms with Gasteiger partial charge in [0.25, 0.3) is 5.91 Å². The molecule has 0 N–H and O–H groups in total. The summed E-state index contributed by atoms with van der Waals surface area (Å²) in [5.74, 6) is 1.71. The number of aryl methyl sites for hydroxylation is 2. The predicted octanol–water partition coefficient (Wildman–Crippen LogP) is 2.61. The Hall–Kier alpha value is -3.29. The fourth-order valence-electron chi connectivity index (χ4n) is 3.68. The average molecular weight is 393 g/mol. The first-order valence-electron chi connectivity index (χ1n) is 9.65. The van der Waals surface area contributed by atoms with Crippen LogP contribution in [0.2, 0.25) is 0 Å². The van der Waals surface area contributed by atoms with Gasteiger partial charge >= 0.3 is 0 Å². The summed E-state index contributed by atoms with van der Waals surface area (Å²) in [6.07, 6.45) is 6.60. The van der Waals surface area contributed by atoms with Crippen LogP contribution >= 0.6 is 0 Å². The molecule has 29 heavy (non-hydrogen) atoms. The van der Waals surface area contributed by atoms with E-state index in [0.717, 1.165) is 47.8 Å². The molecule has 0 aliphatic carbocycles. The van der Waals surface area contributed by atoms with Crippen LogP contribution in [0.5, 0.6) is 5.75 Å². The maximum atomic E-state index is 12.4. The van der Waals surface area contributed by atoms with Crippen molar-refractivity contribution in [3.63, 3.8) is 0 Å². The second-order valence-corrected chi connectivity index (χ2v) is 7.27. The molecule has 8 heteroatoms. The lowest BCUT2D eigenvalue weighted by Crippen LogP contribution is -2.33. The average Bonchev–Trinajstić information content (AvgIpc) is 3.33. The SMILES string of the molecule is Cc1noc(C)c1-c1cc(CC2CCN(C(=O)COc3cccnc3)C2)ncn1. The van der Waals surface area contributed by atoms with Crippen LogP contribution in [0.1, 0.15) is 23.6 Å². The number of carbonyl (C=O) groups is 1. The molecule has 1 aliphatic rings. The Balaban J connectivity index is 1.34. The fraction of sp³-hybridized carbons (Fsp3) is 0.381. The third-order valence-electron chi connectivity index (χ3n) is 5.15. The topological polar surface area (TPSA) is 94.2 Å². The van der Waals surface area contributed by atoms with Gasteiger partial charge in [-0.2, -0.15) is 0 Å². The van der Waals surface area contributed by atoms with E-state index in [2.05, 4.69) is 20.1 Å². The first kappa shape index (κ1) is 19.0. The molecular weight excluding hydrogens is 370 g/mol. The number of carbonyl (C=O) groups excluding carboxylic acids is 1. The lowest BCUT2D eigenvalue weighted by Gasteiger charge is -2.17. The highest BCUT2D eigenvalue weighted by Gasteiger charge is 2.27. The van der Waals surface area contributed by atoms with Crippen LogP contribution in [0, 0.1) is 19.8 Å². The predicted molar refractivity (Wildman–Crippen MR) is 105 cm³/mol. The Morgan fingerprint density at radius 2 is 2.24 bits per heavy atom. The Morgan fingerprint density at radius 3 is 3.00 bits per heavy atom. The van der Waals surface area contributed by atoms with Gasteiger partial charge < -0.3 is 14.2 Å². The van der Waals surface area contributed by atoms with Gasteiger partial charge in [0.15, 0.2) is 6.61 Å². The summed E-state index contributed by atoms with van der Waals surface area (Å²) in [4.78, 5) is 27.1. The van der Waals surface area contributed by atoms with E-state index in [1.165, 1.54) is 0 Å². The first-order valence-corrected chi connectivity index (χ1v) is 9.65. The van der Waals surface area contributed by atoms with Gasteiger partial charge in [0.2, 0.25) is 0 Å². The number of likely N-dealkylation sites (tertiary alicyclic amines) is 1. The zero-order valence-corrected chi connectivity index (χ0v) is 16.5. The van der Waals surface area contributed by atoms with E-state index < -0.39 is 0 Å². The molecule has 1 saturated heterocycles. The number of pyridine rings is 1. The highest BCUT2D eigenvalue weighted by molar-refractivity contribution is 5.78. The van der Waals surface area contributed by atoms with Crippen LogP contribution in [-0.4, -0.2) is 50.6 Å². The quantitative estimate of drug-likeness (QED) is 0.635. The molecule has 0 spiro atoms. The van der Waals surface area contributed by atoms with Crippen LogP contribution in [0.4, 0.5) is 0 Å². The normalized spacial score (nSPS) is 16.2. The standard InChI is InChI=1S/C21H23N5O3/c1-14-21(15(2)29-25-14)19-9-17(23-13-24-19)8-16-5-7-26(11-16)20(27)12-28-18-4-3-6-22-10-18/h3-4,6,9-10,13,16H,5,7-8,11-12H2,1-2H3. The minimum atomic E-state index is -0.00421. The van der Waals surface area contributed by atoms with Gasteiger partial charge in [-0.15, -0.1) is 0 Å². The molecule has 0 bridgehead atoms. The molecule has 0 saturated carbocycles. The van der Waals surface area contributed by atoms with Crippen LogP contribution < -0.4 is 4.74 Å². The summed E-state index contributed by atoms with van der Waals surface area (Å²) in [7, 11) is 0. The van der Waals surface area contributed by atoms with Crippen molar-refractivity contribution >= 4 is 5.91 Å². The maximum absolute atomic E-state index is 12.4. The van der Waals surface area contributed by atoms with Gasteiger partial charge in [-0.3, -0.25) is 9.78 Å². The molecule has 1 fully saturated rings.